The van der Waals surface area contributed by atoms with Crippen molar-refractivity contribution < 1.29 is 9.59 Å². The van der Waals surface area contributed by atoms with Gasteiger partial charge in [-0.2, -0.15) is 0 Å². The van der Waals surface area contributed by atoms with Gasteiger partial charge in [0.1, 0.15) is 10.0 Å². The van der Waals surface area contributed by atoms with Gasteiger partial charge in [-0.05, 0) is 44.9 Å². The first-order valence-corrected chi connectivity index (χ1v) is 11.6. The smallest absolute Gasteiger partial charge is 0.232 e. The van der Waals surface area contributed by atoms with E-state index in [0.29, 0.717) is 27.8 Å². The lowest BCUT2D eigenvalue weighted by molar-refractivity contribution is -0.116. The summed E-state index contributed by atoms with van der Waals surface area (Å²) in [5.74, 6) is 0.480. The van der Waals surface area contributed by atoms with E-state index in [0.717, 1.165) is 35.7 Å². The van der Waals surface area contributed by atoms with Gasteiger partial charge in [0, 0.05) is 25.0 Å². The Labute approximate surface area is 188 Å². The van der Waals surface area contributed by atoms with Gasteiger partial charge in [-0.3, -0.25) is 14.6 Å². The monoisotopic (exact) mass is 459 g/mol. The number of carbonyl (C=O) groups excluding carboxylic acids is 2. The molecule has 0 aromatic carbocycles. The number of anilines is 2. The molecule has 1 saturated carbocycles. The number of nitrogens with one attached hydrogen (secondary N) is 2. The van der Waals surface area contributed by atoms with Gasteiger partial charge < -0.3 is 10.6 Å². The molecule has 2 aromatic rings. The maximum Gasteiger partial charge on any atom is 0.232 e. The fraction of sp³-hybridized carbons (Fsp3) is 0.450. The molecule has 2 unspecified atom stereocenters. The maximum absolute atomic E-state index is 12.2. The Balaban J connectivity index is 1.51. The molecule has 31 heavy (non-hydrogen) atoms. The van der Waals surface area contributed by atoms with Gasteiger partial charge in [-0.25, -0.2) is 0 Å². The first-order chi connectivity index (χ1) is 15.0. The lowest BCUT2D eigenvalue weighted by Gasteiger charge is -2.06. The molecule has 0 spiro atoms. The van der Waals surface area contributed by atoms with Crippen molar-refractivity contribution in [2.45, 2.75) is 51.9 Å². The Morgan fingerprint density at radius 1 is 1.16 bits per heavy atom. The van der Waals surface area contributed by atoms with Crippen LogP contribution < -0.4 is 10.6 Å². The molecule has 0 aliphatic heterocycles. The molecule has 0 saturated heterocycles. The minimum absolute atomic E-state index is 0.135. The van der Waals surface area contributed by atoms with E-state index in [9.17, 15) is 9.59 Å². The van der Waals surface area contributed by atoms with Gasteiger partial charge in [0.15, 0.2) is 0 Å². The lowest BCUT2D eigenvalue weighted by atomic mass is 10.0. The Morgan fingerprint density at radius 3 is 2.68 bits per heavy atom. The number of hydrogen-bond donors (Lipinski definition) is 2. The van der Waals surface area contributed by atoms with Crippen molar-refractivity contribution in [3.63, 3.8) is 0 Å². The fourth-order valence-corrected chi connectivity index (χ4v) is 5.23. The summed E-state index contributed by atoms with van der Waals surface area (Å²) in [4.78, 5) is 27.2. The van der Waals surface area contributed by atoms with Crippen LogP contribution in [0.2, 0.25) is 0 Å². The molecule has 1 fully saturated rings. The summed E-state index contributed by atoms with van der Waals surface area (Å²) in [5.41, 5.74) is 0.595. The molecular formula is C20H25N7O2S2. The zero-order valence-corrected chi connectivity index (χ0v) is 19.1. The first kappa shape index (κ1) is 22.9. The van der Waals surface area contributed by atoms with E-state index in [1.54, 1.807) is 6.08 Å². The average molecular weight is 460 g/mol. The summed E-state index contributed by atoms with van der Waals surface area (Å²) in [5, 5.41) is 25.0. The predicted molar refractivity (Wildman–Crippen MR) is 124 cm³/mol. The van der Waals surface area contributed by atoms with Crippen LogP contribution in [0.15, 0.2) is 28.9 Å². The van der Waals surface area contributed by atoms with Gasteiger partial charge in [-0.15, -0.1) is 20.4 Å². The van der Waals surface area contributed by atoms with E-state index < -0.39 is 0 Å². The molecule has 11 heteroatoms. The Morgan fingerprint density at radius 2 is 1.94 bits per heavy atom. The van der Waals surface area contributed by atoms with E-state index in [1.807, 2.05) is 19.1 Å². The topological polar surface area (TPSA) is 122 Å². The summed E-state index contributed by atoms with van der Waals surface area (Å²) in [6.07, 6.45) is 9.51. The third-order valence-electron chi connectivity index (χ3n) is 4.82. The third kappa shape index (κ3) is 6.86. The Hall–Kier alpha value is -2.79. The molecule has 164 valence electrons. The minimum atomic E-state index is -0.193. The zero-order chi connectivity index (χ0) is 22.2. The van der Waals surface area contributed by atoms with Gasteiger partial charge in [0.05, 0.1) is 6.42 Å². The Kier molecular flexibility index (Phi) is 8.13. The van der Waals surface area contributed by atoms with E-state index >= 15 is 0 Å². The van der Waals surface area contributed by atoms with Crippen LogP contribution >= 0.6 is 22.7 Å². The van der Waals surface area contributed by atoms with E-state index in [1.165, 1.54) is 29.6 Å². The third-order valence-corrected chi connectivity index (χ3v) is 6.68. The summed E-state index contributed by atoms with van der Waals surface area (Å²) >= 11 is 2.84. The zero-order valence-electron chi connectivity index (χ0n) is 17.5. The van der Waals surface area contributed by atoms with Crippen molar-refractivity contribution in [1.29, 1.82) is 0 Å². The molecule has 0 bridgehead atoms. The molecular weight excluding hydrogens is 434 g/mol. The van der Waals surface area contributed by atoms with Crippen LogP contribution in [0.25, 0.3) is 0 Å². The Bertz CT molecular complexity index is 995. The average Bonchev–Trinajstić information content (AvgIpc) is 3.46. The number of rotatable bonds is 9. The van der Waals surface area contributed by atoms with Gasteiger partial charge >= 0.3 is 0 Å². The summed E-state index contributed by atoms with van der Waals surface area (Å²) in [6.45, 7) is 6.85. The first-order valence-electron chi connectivity index (χ1n) is 9.98. The minimum Gasteiger partial charge on any atom is -0.301 e. The van der Waals surface area contributed by atoms with Crippen molar-refractivity contribution >= 4 is 51.5 Å². The van der Waals surface area contributed by atoms with Crippen LogP contribution in [0.5, 0.6) is 0 Å². The highest BCUT2D eigenvalue weighted by atomic mass is 32.1. The van der Waals surface area contributed by atoms with Gasteiger partial charge in [-0.1, -0.05) is 34.8 Å². The summed E-state index contributed by atoms with van der Waals surface area (Å²) in [7, 11) is 0. The van der Waals surface area contributed by atoms with Crippen molar-refractivity contribution in [1.82, 2.24) is 20.4 Å². The lowest BCUT2D eigenvalue weighted by Crippen LogP contribution is -2.11. The predicted octanol–water partition coefficient (Wildman–Crippen LogP) is 3.96. The molecule has 2 N–H and O–H groups in total. The number of aliphatic imine (C=N–C) groups is 1. The molecule has 2 heterocycles. The molecule has 2 aromatic heterocycles. The van der Waals surface area contributed by atoms with Crippen molar-refractivity contribution in [3.8, 4) is 0 Å². The highest BCUT2D eigenvalue weighted by Crippen LogP contribution is 2.41. The van der Waals surface area contributed by atoms with Crippen molar-refractivity contribution in [3.05, 3.63) is 33.9 Å². The largest absolute Gasteiger partial charge is 0.301 e. The number of hydrogen-bond acceptors (Lipinski definition) is 9. The van der Waals surface area contributed by atoms with Crippen LogP contribution in [0.4, 0.5) is 10.3 Å². The number of aromatic nitrogens is 4. The highest BCUT2D eigenvalue weighted by molar-refractivity contribution is 7.15. The van der Waals surface area contributed by atoms with E-state index in [-0.39, 0.29) is 18.2 Å². The van der Waals surface area contributed by atoms with E-state index in [4.69, 9.17) is 0 Å². The highest BCUT2D eigenvalue weighted by Gasteiger charge is 2.29. The molecule has 1 aliphatic rings. The van der Waals surface area contributed by atoms with Crippen molar-refractivity contribution in [2.75, 3.05) is 10.6 Å². The summed E-state index contributed by atoms with van der Waals surface area (Å²) < 4.78 is 0. The molecule has 0 radical (unpaired) electrons. The second-order valence-corrected chi connectivity index (χ2v) is 9.35. The number of nitrogens with zero attached hydrogens (tertiary/aromatic N) is 5. The second kappa shape index (κ2) is 11.0. The normalized spacial score (nSPS) is 19.0. The molecule has 2 atom stereocenters. The molecule has 3 rings (SSSR count). The standard InChI is InChI=1S/C20H25N7O2S2/c1-4-5-6-15(21-3)11-16(29)23-20-27-25-18(31-20)14-8-7-13(9-14)10-17-24-26-19(30-17)22-12(2)28/h4-6,13-14H,3,7-11H2,1-2H3,(H,22,26,28)(H,23,27,29)/b5-4-,15-6-. The molecule has 2 amide bonds. The number of carbonyl (C=O) groups is 2. The second-order valence-electron chi connectivity index (χ2n) is 7.27. The van der Waals surface area contributed by atoms with Crippen LogP contribution in [0.1, 0.15) is 55.5 Å². The number of amides is 2. The van der Waals surface area contributed by atoms with Crippen LogP contribution in [0.3, 0.4) is 0 Å². The van der Waals surface area contributed by atoms with E-state index in [2.05, 4.69) is 42.7 Å². The fourth-order valence-electron chi connectivity index (χ4n) is 3.42. The maximum atomic E-state index is 12.2. The van der Waals surface area contributed by atoms with Crippen LogP contribution in [-0.2, 0) is 16.0 Å². The van der Waals surface area contributed by atoms with Crippen LogP contribution in [0, 0.1) is 5.92 Å². The number of allylic oxidation sites excluding steroid dienone is 3. The molecule has 1 aliphatic carbocycles. The SMILES string of the molecule is C=N/C(=C\C=C/C)CC(=O)Nc1nnc(C2CCC(Cc3nnc(NC(C)=O)s3)C2)s1. The van der Waals surface area contributed by atoms with Gasteiger partial charge in [0.2, 0.25) is 22.1 Å². The van der Waals surface area contributed by atoms with Crippen LogP contribution in [-0.4, -0.2) is 38.9 Å². The quantitative estimate of drug-likeness (QED) is 0.432. The van der Waals surface area contributed by atoms with Crippen molar-refractivity contribution in [2.24, 2.45) is 10.9 Å². The molecule has 9 nitrogen and oxygen atoms in total. The van der Waals surface area contributed by atoms with Gasteiger partial charge in [0.25, 0.3) is 0 Å². The summed E-state index contributed by atoms with van der Waals surface area (Å²) in [6, 6.07) is 0.